The fourth-order valence-electron chi connectivity index (χ4n) is 3.42. The molecule has 0 saturated carbocycles. The first-order chi connectivity index (χ1) is 14.7. The molecule has 1 heterocycles. The number of rotatable bonds is 7. The Bertz CT molecular complexity index is 1160. The lowest BCUT2D eigenvalue weighted by molar-refractivity contribution is 0.354. The lowest BCUT2D eigenvalue weighted by atomic mass is 10.0. The smallest absolute Gasteiger partial charge is 0.160 e. The molecule has 30 heavy (non-hydrogen) atoms. The summed E-state index contributed by atoms with van der Waals surface area (Å²) in [5, 5.41) is 14.1. The highest BCUT2D eigenvalue weighted by atomic mass is 19.1. The molecule has 152 valence electrons. The summed E-state index contributed by atoms with van der Waals surface area (Å²) in [6.07, 6.45) is 0.788. The fourth-order valence-corrected chi connectivity index (χ4v) is 3.42. The minimum absolute atomic E-state index is 0.274. The van der Waals surface area contributed by atoms with Crippen LogP contribution in [-0.4, -0.2) is 31.0 Å². The van der Waals surface area contributed by atoms with Crippen LogP contribution in [-0.2, 0) is 6.42 Å². The minimum atomic E-state index is -0.274. The van der Waals surface area contributed by atoms with Crippen molar-refractivity contribution in [1.82, 2.24) is 10.2 Å². The molecule has 0 amide bonds. The lowest BCUT2D eigenvalue weighted by Gasteiger charge is -2.12. The lowest BCUT2D eigenvalue weighted by Crippen LogP contribution is -2.08. The third-order valence-electron chi connectivity index (χ3n) is 4.96. The summed E-state index contributed by atoms with van der Waals surface area (Å²) < 4.78 is 23.9. The third-order valence-corrected chi connectivity index (χ3v) is 4.96. The molecule has 0 fully saturated rings. The van der Waals surface area contributed by atoms with Crippen molar-refractivity contribution in [2.75, 3.05) is 26.1 Å². The summed E-state index contributed by atoms with van der Waals surface area (Å²) in [7, 11) is 3.25. The van der Waals surface area contributed by atoms with Gasteiger partial charge in [0.1, 0.15) is 11.5 Å². The standard InChI is InChI=1S/C24H22FN3O2/c1-29-21-12-7-16(15-22(21)30-2)13-14-26-24-20-6-4-3-5-19(20)23(27-28-24)17-8-10-18(25)11-9-17/h3-12,15H,13-14H2,1-2H3,(H,26,28). The van der Waals surface area contributed by atoms with Crippen molar-refractivity contribution in [3.8, 4) is 22.8 Å². The number of nitrogens with zero attached hydrogens (tertiary/aromatic N) is 2. The van der Waals surface area contributed by atoms with E-state index in [-0.39, 0.29) is 5.82 Å². The number of hydrogen-bond acceptors (Lipinski definition) is 5. The average molecular weight is 403 g/mol. The van der Waals surface area contributed by atoms with Gasteiger partial charge in [0.05, 0.1) is 14.2 Å². The van der Waals surface area contributed by atoms with Crippen molar-refractivity contribution in [1.29, 1.82) is 0 Å². The highest BCUT2D eigenvalue weighted by Crippen LogP contribution is 2.30. The van der Waals surface area contributed by atoms with E-state index in [4.69, 9.17) is 9.47 Å². The predicted octanol–water partition coefficient (Wildman–Crippen LogP) is 5.11. The maximum absolute atomic E-state index is 13.3. The molecular formula is C24H22FN3O2. The topological polar surface area (TPSA) is 56.3 Å². The van der Waals surface area contributed by atoms with Crippen LogP contribution >= 0.6 is 0 Å². The largest absolute Gasteiger partial charge is 0.493 e. The van der Waals surface area contributed by atoms with Crippen molar-refractivity contribution in [3.05, 3.63) is 78.1 Å². The molecule has 0 radical (unpaired) electrons. The van der Waals surface area contributed by atoms with E-state index in [1.165, 1.54) is 12.1 Å². The molecule has 0 spiro atoms. The van der Waals surface area contributed by atoms with Crippen LogP contribution in [0.3, 0.4) is 0 Å². The van der Waals surface area contributed by atoms with Gasteiger partial charge in [-0.1, -0.05) is 30.3 Å². The number of fused-ring (bicyclic) bond motifs is 1. The van der Waals surface area contributed by atoms with Crippen molar-refractivity contribution in [2.45, 2.75) is 6.42 Å². The van der Waals surface area contributed by atoms with E-state index < -0.39 is 0 Å². The van der Waals surface area contributed by atoms with Crippen LogP contribution in [0.4, 0.5) is 10.2 Å². The Morgan fingerprint density at radius 3 is 2.30 bits per heavy atom. The SMILES string of the molecule is COc1ccc(CCNc2nnc(-c3ccc(F)cc3)c3ccccc23)cc1OC. The number of methoxy groups -OCH3 is 2. The second kappa shape index (κ2) is 8.78. The second-order valence-corrected chi connectivity index (χ2v) is 6.82. The first-order valence-corrected chi connectivity index (χ1v) is 9.65. The third kappa shape index (κ3) is 4.03. The van der Waals surface area contributed by atoms with E-state index in [1.54, 1.807) is 26.4 Å². The van der Waals surface area contributed by atoms with Gasteiger partial charge in [0, 0.05) is 22.9 Å². The van der Waals surface area contributed by atoms with E-state index in [0.29, 0.717) is 18.0 Å². The maximum atomic E-state index is 13.3. The monoisotopic (exact) mass is 403 g/mol. The molecule has 0 aliphatic heterocycles. The number of halogens is 1. The first-order valence-electron chi connectivity index (χ1n) is 9.65. The predicted molar refractivity (Wildman–Crippen MR) is 117 cm³/mol. The molecular weight excluding hydrogens is 381 g/mol. The number of anilines is 1. The molecule has 4 aromatic rings. The van der Waals surface area contributed by atoms with Gasteiger partial charge < -0.3 is 14.8 Å². The molecule has 1 N–H and O–H groups in total. The van der Waals surface area contributed by atoms with Gasteiger partial charge in [-0.15, -0.1) is 10.2 Å². The molecule has 5 nitrogen and oxygen atoms in total. The first kappa shape index (κ1) is 19.6. The van der Waals surface area contributed by atoms with Gasteiger partial charge in [-0.25, -0.2) is 4.39 Å². The molecule has 1 aromatic heterocycles. The molecule has 0 atom stereocenters. The molecule has 3 aromatic carbocycles. The van der Waals surface area contributed by atoms with Crippen LogP contribution in [0, 0.1) is 5.82 Å². The molecule has 0 aliphatic carbocycles. The zero-order valence-electron chi connectivity index (χ0n) is 16.9. The van der Waals surface area contributed by atoms with Gasteiger partial charge in [0.25, 0.3) is 0 Å². The summed E-state index contributed by atoms with van der Waals surface area (Å²) in [6.45, 7) is 0.685. The number of ether oxygens (including phenoxy) is 2. The van der Waals surface area contributed by atoms with Gasteiger partial charge in [-0.2, -0.15) is 0 Å². The number of benzene rings is 3. The van der Waals surface area contributed by atoms with Gasteiger partial charge in [-0.3, -0.25) is 0 Å². The van der Waals surface area contributed by atoms with Gasteiger partial charge in [-0.05, 0) is 48.4 Å². The molecule has 0 saturated heterocycles. The Hall–Kier alpha value is -3.67. The normalized spacial score (nSPS) is 10.8. The molecule has 0 aliphatic rings. The Kier molecular flexibility index (Phi) is 5.75. The molecule has 0 bridgehead atoms. The van der Waals surface area contributed by atoms with E-state index in [1.807, 2.05) is 42.5 Å². The highest BCUT2D eigenvalue weighted by Gasteiger charge is 2.11. The maximum Gasteiger partial charge on any atom is 0.160 e. The average Bonchev–Trinajstić information content (AvgIpc) is 2.79. The summed E-state index contributed by atoms with van der Waals surface area (Å²) in [6, 6.07) is 20.1. The van der Waals surface area contributed by atoms with E-state index in [0.717, 1.165) is 39.8 Å². The zero-order chi connectivity index (χ0) is 20.9. The Morgan fingerprint density at radius 2 is 1.57 bits per heavy atom. The Balaban J connectivity index is 1.55. The van der Waals surface area contributed by atoms with Gasteiger partial charge >= 0.3 is 0 Å². The van der Waals surface area contributed by atoms with Crippen molar-refractivity contribution >= 4 is 16.6 Å². The molecule has 6 heteroatoms. The summed E-state index contributed by atoms with van der Waals surface area (Å²) in [5.41, 5.74) is 2.69. The van der Waals surface area contributed by atoms with Crippen molar-refractivity contribution in [3.63, 3.8) is 0 Å². The van der Waals surface area contributed by atoms with Crippen molar-refractivity contribution < 1.29 is 13.9 Å². The van der Waals surface area contributed by atoms with Crippen LogP contribution in [0.1, 0.15) is 5.56 Å². The van der Waals surface area contributed by atoms with Crippen LogP contribution in [0.5, 0.6) is 11.5 Å². The Labute approximate surface area is 174 Å². The van der Waals surface area contributed by atoms with Gasteiger partial charge in [0.15, 0.2) is 17.3 Å². The number of aromatic nitrogens is 2. The Morgan fingerprint density at radius 1 is 0.833 bits per heavy atom. The minimum Gasteiger partial charge on any atom is -0.493 e. The summed E-state index contributed by atoms with van der Waals surface area (Å²) in [4.78, 5) is 0. The summed E-state index contributed by atoms with van der Waals surface area (Å²) in [5.74, 6) is 1.87. The van der Waals surface area contributed by atoms with E-state index in [9.17, 15) is 4.39 Å². The molecule has 0 unspecified atom stereocenters. The number of hydrogen-bond donors (Lipinski definition) is 1. The van der Waals surface area contributed by atoms with Crippen LogP contribution < -0.4 is 14.8 Å². The highest BCUT2D eigenvalue weighted by molar-refractivity contribution is 5.99. The van der Waals surface area contributed by atoms with Crippen molar-refractivity contribution in [2.24, 2.45) is 0 Å². The fraction of sp³-hybridized carbons (Fsp3) is 0.167. The quantitative estimate of drug-likeness (QED) is 0.465. The van der Waals surface area contributed by atoms with E-state index >= 15 is 0 Å². The molecule has 4 rings (SSSR count). The van der Waals surface area contributed by atoms with Crippen LogP contribution in [0.15, 0.2) is 66.7 Å². The zero-order valence-corrected chi connectivity index (χ0v) is 16.9. The number of nitrogens with one attached hydrogen (secondary N) is 1. The summed E-state index contributed by atoms with van der Waals surface area (Å²) >= 11 is 0. The van der Waals surface area contributed by atoms with Crippen LogP contribution in [0.25, 0.3) is 22.0 Å². The second-order valence-electron chi connectivity index (χ2n) is 6.82. The van der Waals surface area contributed by atoms with E-state index in [2.05, 4.69) is 15.5 Å². The van der Waals surface area contributed by atoms with Crippen LogP contribution in [0.2, 0.25) is 0 Å². The van der Waals surface area contributed by atoms with Gasteiger partial charge in [0.2, 0.25) is 0 Å².